The van der Waals surface area contributed by atoms with Gasteiger partial charge in [-0.3, -0.25) is 4.79 Å². The monoisotopic (exact) mass is 415 g/mol. The van der Waals surface area contributed by atoms with Crippen molar-refractivity contribution in [2.45, 2.75) is 25.8 Å². The van der Waals surface area contributed by atoms with Gasteiger partial charge in [0.2, 0.25) is 0 Å². The van der Waals surface area contributed by atoms with Crippen LogP contribution in [-0.2, 0) is 17.6 Å². The predicted octanol–water partition coefficient (Wildman–Crippen LogP) is 5.69. The van der Waals surface area contributed by atoms with E-state index >= 15 is 0 Å². The Labute approximate surface area is 172 Å². The highest BCUT2D eigenvalue weighted by atomic mass is 19.4. The summed E-state index contributed by atoms with van der Waals surface area (Å²) >= 11 is 0. The molecule has 0 saturated heterocycles. The molecule has 7 heteroatoms. The molecule has 0 bridgehead atoms. The van der Waals surface area contributed by atoms with Gasteiger partial charge in [-0.2, -0.15) is 13.2 Å². The number of ether oxygens (including phenoxy) is 2. The molecule has 0 radical (unpaired) electrons. The standard InChI is InChI=1S/C23H20F3NO3/c1-16(22(28)27-21-10-6-5-9-20(21)23(24,25)26)30-19-13-11-18(12-14-19)29-15-17-7-3-2-4-8-17/h2-14,16H,15H2,1H3,(H,27,28). The first-order chi connectivity index (χ1) is 14.3. The first-order valence-electron chi connectivity index (χ1n) is 9.23. The third-order valence-corrected chi connectivity index (χ3v) is 4.24. The van der Waals surface area contributed by atoms with Crippen LogP contribution in [-0.4, -0.2) is 12.0 Å². The molecule has 0 heterocycles. The maximum Gasteiger partial charge on any atom is 0.418 e. The number of nitrogens with one attached hydrogen (secondary N) is 1. The van der Waals surface area contributed by atoms with Crippen molar-refractivity contribution < 1.29 is 27.4 Å². The van der Waals surface area contributed by atoms with Crippen molar-refractivity contribution in [1.29, 1.82) is 0 Å². The Morgan fingerprint density at radius 3 is 2.17 bits per heavy atom. The van der Waals surface area contributed by atoms with Gasteiger partial charge in [-0.15, -0.1) is 0 Å². The van der Waals surface area contributed by atoms with Crippen LogP contribution < -0.4 is 14.8 Å². The number of carbonyl (C=O) groups excluding carboxylic acids is 1. The van der Waals surface area contributed by atoms with E-state index in [1.54, 1.807) is 24.3 Å². The lowest BCUT2D eigenvalue weighted by atomic mass is 10.1. The molecule has 4 nitrogen and oxygen atoms in total. The maximum atomic E-state index is 13.1. The van der Waals surface area contributed by atoms with Crippen LogP contribution in [0.25, 0.3) is 0 Å². The van der Waals surface area contributed by atoms with Crippen molar-refractivity contribution in [1.82, 2.24) is 0 Å². The minimum atomic E-state index is -4.57. The van der Waals surface area contributed by atoms with E-state index in [0.717, 1.165) is 11.6 Å². The number of rotatable bonds is 7. The molecule has 0 aliphatic rings. The highest BCUT2D eigenvalue weighted by molar-refractivity contribution is 5.94. The third kappa shape index (κ3) is 5.76. The van der Waals surface area contributed by atoms with E-state index in [-0.39, 0.29) is 5.69 Å². The van der Waals surface area contributed by atoms with E-state index in [9.17, 15) is 18.0 Å². The highest BCUT2D eigenvalue weighted by Gasteiger charge is 2.34. The summed E-state index contributed by atoms with van der Waals surface area (Å²) in [5, 5.41) is 2.28. The summed E-state index contributed by atoms with van der Waals surface area (Å²) in [4.78, 5) is 12.3. The molecular formula is C23H20F3NO3. The zero-order valence-electron chi connectivity index (χ0n) is 16.1. The molecule has 0 aliphatic heterocycles. The van der Waals surface area contributed by atoms with Crippen LogP contribution in [0.2, 0.25) is 0 Å². The number of amides is 1. The van der Waals surface area contributed by atoms with Crippen molar-refractivity contribution >= 4 is 11.6 Å². The van der Waals surface area contributed by atoms with Gasteiger partial charge in [0.15, 0.2) is 6.10 Å². The lowest BCUT2D eigenvalue weighted by Crippen LogP contribution is -2.31. The molecule has 3 rings (SSSR count). The van der Waals surface area contributed by atoms with Gasteiger partial charge in [0.05, 0.1) is 11.3 Å². The van der Waals surface area contributed by atoms with Crippen LogP contribution in [0.15, 0.2) is 78.9 Å². The van der Waals surface area contributed by atoms with Gasteiger partial charge in [-0.05, 0) is 48.9 Å². The summed E-state index contributed by atoms with van der Waals surface area (Å²) in [6, 6.07) is 21.1. The minimum absolute atomic E-state index is 0.310. The molecule has 1 N–H and O–H groups in total. The second kappa shape index (κ2) is 9.35. The van der Waals surface area contributed by atoms with Crippen LogP contribution in [0.4, 0.5) is 18.9 Å². The summed E-state index contributed by atoms with van der Waals surface area (Å²) in [6.45, 7) is 1.88. The number of hydrogen-bond donors (Lipinski definition) is 1. The number of hydrogen-bond acceptors (Lipinski definition) is 3. The zero-order valence-corrected chi connectivity index (χ0v) is 16.1. The summed E-state index contributed by atoms with van der Waals surface area (Å²) in [5.41, 5.74) is -0.192. The molecule has 30 heavy (non-hydrogen) atoms. The van der Waals surface area contributed by atoms with E-state index in [2.05, 4.69) is 5.32 Å². The Morgan fingerprint density at radius 2 is 1.50 bits per heavy atom. The lowest BCUT2D eigenvalue weighted by molar-refractivity contribution is -0.137. The molecule has 0 aliphatic carbocycles. The minimum Gasteiger partial charge on any atom is -0.489 e. The van der Waals surface area contributed by atoms with Crippen molar-refractivity contribution in [2.75, 3.05) is 5.32 Å². The maximum absolute atomic E-state index is 13.1. The quantitative estimate of drug-likeness (QED) is 0.539. The summed E-state index contributed by atoms with van der Waals surface area (Å²) < 4.78 is 50.4. The van der Waals surface area contributed by atoms with Gasteiger partial charge in [0.25, 0.3) is 5.91 Å². The average molecular weight is 415 g/mol. The Bertz CT molecular complexity index is 973. The third-order valence-electron chi connectivity index (χ3n) is 4.24. The summed E-state index contributed by atoms with van der Waals surface area (Å²) in [6.07, 6.45) is -5.56. The number of carbonyl (C=O) groups is 1. The second-order valence-electron chi connectivity index (χ2n) is 6.54. The van der Waals surface area contributed by atoms with E-state index in [1.165, 1.54) is 25.1 Å². The van der Waals surface area contributed by atoms with E-state index in [1.807, 2.05) is 30.3 Å². The van der Waals surface area contributed by atoms with Crippen molar-refractivity contribution in [3.63, 3.8) is 0 Å². The van der Waals surface area contributed by atoms with Gasteiger partial charge in [0.1, 0.15) is 18.1 Å². The van der Waals surface area contributed by atoms with Crippen molar-refractivity contribution in [3.05, 3.63) is 90.0 Å². The molecule has 156 valence electrons. The van der Waals surface area contributed by atoms with Gasteiger partial charge < -0.3 is 14.8 Å². The number of anilines is 1. The number of alkyl halides is 3. The first kappa shape index (κ1) is 21.2. The smallest absolute Gasteiger partial charge is 0.418 e. The number of benzene rings is 3. The Kier molecular flexibility index (Phi) is 6.61. The predicted molar refractivity (Wildman–Crippen MR) is 107 cm³/mol. The molecule has 0 spiro atoms. The fourth-order valence-electron chi connectivity index (χ4n) is 2.69. The molecule has 3 aromatic rings. The average Bonchev–Trinajstić information content (AvgIpc) is 2.73. The first-order valence-corrected chi connectivity index (χ1v) is 9.23. The molecule has 1 unspecified atom stereocenters. The largest absolute Gasteiger partial charge is 0.489 e. The van der Waals surface area contributed by atoms with Crippen molar-refractivity contribution in [2.24, 2.45) is 0 Å². The number of halogens is 3. The van der Waals surface area contributed by atoms with Crippen LogP contribution in [0, 0.1) is 0 Å². The van der Waals surface area contributed by atoms with Gasteiger partial charge >= 0.3 is 6.18 Å². The van der Waals surface area contributed by atoms with Crippen LogP contribution >= 0.6 is 0 Å². The van der Waals surface area contributed by atoms with E-state index < -0.39 is 23.8 Å². The Balaban J connectivity index is 1.57. The van der Waals surface area contributed by atoms with E-state index in [0.29, 0.717) is 18.1 Å². The van der Waals surface area contributed by atoms with Gasteiger partial charge in [-0.1, -0.05) is 42.5 Å². The highest BCUT2D eigenvalue weighted by Crippen LogP contribution is 2.34. The molecule has 0 aromatic heterocycles. The van der Waals surface area contributed by atoms with Gasteiger partial charge in [0, 0.05) is 0 Å². The fourth-order valence-corrected chi connectivity index (χ4v) is 2.69. The normalized spacial score (nSPS) is 12.1. The molecule has 1 amide bonds. The molecule has 3 aromatic carbocycles. The zero-order chi connectivity index (χ0) is 21.6. The molecular weight excluding hydrogens is 395 g/mol. The molecule has 0 fully saturated rings. The number of para-hydroxylation sites is 1. The fraction of sp³-hybridized carbons (Fsp3) is 0.174. The van der Waals surface area contributed by atoms with Crippen LogP contribution in [0.5, 0.6) is 11.5 Å². The van der Waals surface area contributed by atoms with Crippen LogP contribution in [0.3, 0.4) is 0 Å². The lowest BCUT2D eigenvalue weighted by Gasteiger charge is -2.17. The molecule has 0 saturated carbocycles. The molecule has 1 atom stereocenters. The van der Waals surface area contributed by atoms with E-state index in [4.69, 9.17) is 9.47 Å². The second-order valence-corrected chi connectivity index (χ2v) is 6.54. The Hall–Kier alpha value is -3.48. The Morgan fingerprint density at radius 1 is 0.900 bits per heavy atom. The van der Waals surface area contributed by atoms with Crippen LogP contribution in [0.1, 0.15) is 18.1 Å². The summed E-state index contributed by atoms with van der Waals surface area (Å²) in [5.74, 6) is 0.340. The topological polar surface area (TPSA) is 47.6 Å². The van der Waals surface area contributed by atoms with Crippen molar-refractivity contribution in [3.8, 4) is 11.5 Å². The van der Waals surface area contributed by atoms with Gasteiger partial charge in [-0.25, -0.2) is 0 Å². The summed E-state index contributed by atoms with van der Waals surface area (Å²) in [7, 11) is 0. The SMILES string of the molecule is CC(Oc1ccc(OCc2ccccc2)cc1)C(=O)Nc1ccccc1C(F)(F)F.